The average molecular weight is 473 g/mol. The predicted molar refractivity (Wildman–Crippen MR) is 120 cm³/mol. The van der Waals surface area contributed by atoms with E-state index in [1.807, 2.05) is 6.92 Å². The number of aliphatic hydroxyl groups is 1. The summed E-state index contributed by atoms with van der Waals surface area (Å²) in [6.45, 7) is 3.37. The fraction of sp³-hybridized carbons (Fsp3) is 0.619. The van der Waals surface area contributed by atoms with Gasteiger partial charge in [0.2, 0.25) is 20.0 Å². The van der Waals surface area contributed by atoms with Crippen LogP contribution in [-0.2, 0) is 20.0 Å². The molecule has 1 aromatic carbocycles. The van der Waals surface area contributed by atoms with E-state index < -0.39 is 32.2 Å². The molecule has 31 heavy (non-hydrogen) atoms. The highest BCUT2D eigenvalue weighted by Crippen LogP contribution is 2.37. The monoisotopic (exact) mass is 472 g/mol. The average Bonchev–Trinajstić information content (AvgIpc) is 3.23. The van der Waals surface area contributed by atoms with Gasteiger partial charge in [-0.1, -0.05) is 19.1 Å². The minimum absolute atomic E-state index is 0.0362. The predicted octanol–water partition coefficient (Wildman–Crippen LogP) is 1.91. The van der Waals surface area contributed by atoms with Gasteiger partial charge in [-0.05, 0) is 49.5 Å². The van der Waals surface area contributed by atoms with Crippen LogP contribution in [0.2, 0.25) is 0 Å². The van der Waals surface area contributed by atoms with Gasteiger partial charge in [0.05, 0.1) is 19.4 Å². The van der Waals surface area contributed by atoms with Crippen molar-refractivity contribution in [1.82, 2.24) is 8.61 Å². The zero-order valence-electron chi connectivity index (χ0n) is 18.5. The molecule has 1 aliphatic carbocycles. The van der Waals surface area contributed by atoms with Crippen molar-refractivity contribution in [3.63, 3.8) is 0 Å². The third-order valence-electron chi connectivity index (χ3n) is 6.08. The smallest absolute Gasteiger partial charge is 0.247 e. The summed E-state index contributed by atoms with van der Waals surface area (Å²) in [6.07, 6.45) is 5.70. The fourth-order valence-electron chi connectivity index (χ4n) is 3.97. The summed E-state index contributed by atoms with van der Waals surface area (Å²) in [5.41, 5.74) is 2.07. The molecule has 1 aliphatic heterocycles. The van der Waals surface area contributed by atoms with Gasteiger partial charge < -0.3 is 9.84 Å². The van der Waals surface area contributed by atoms with Gasteiger partial charge in [0, 0.05) is 25.6 Å². The number of fused-ring (bicyclic) bond motifs is 1. The van der Waals surface area contributed by atoms with E-state index in [2.05, 4.69) is 6.08 Å². The van der Waals surface area contributed by atoms with Crippen LogP contribution >= 0.6 is 0 Å². The minimum Gasteiger partial charge on any atom is -0.487 e. The molecule has 0 saturated carbocycles. The van der Waals surface area contributed by atoms with E-state index in [1.54, 1.807) is 25.1 Å². The number of ether oxygens (including phenoxy) is 1. The Labute approximate surface area is 185 Å². The van der Waals surface area contributed by atoms with Crippen molar-refractivity contribution in [2.24, 2.45) is 5.92 Å². The standard InChI is InChI=1S/C21H32N2O6S2/c1-15-12-23(16(2)14-24)31(27,28)21-10-9-18(17-7-5-6-8-17)11-19(21)29-20(15)13-22(3)30(4,25)26/h7,9-11,15-16,20,24H,5-6,8,12-14H2,1-4H3/t15-,16+,20+/m1/s1. The number of likely N-dealkylation sites (N-methyl/N-ethyl adjacent to an activating group) is 1. The SMILES string of the molecule is C[C@@H]1CN([C@@H](C)CO)S(=O)(=O)c2ccc(C3=CCCC3)cc2O[C@H]1CN(C)S(C)(=O)=O. The number of rotatable bonds is 6. The van der Waals surface area contributed by atoms with Crippen molar-refractivity contribution < 1.29 is 26.7 Å². The second kappa shape index (κ2) is 9.19. The summed E-state index contributed by atoms with van der Waals surface area (Å²) in [5.74, 6) is -0.0885. The molecule has 0 bridgehead atoms. The van der Waals surface area contributed by atoms with Crippen LogP contribution in [-0.4, -0.2) is 75.7 Å². The van der Waals surface area contributed by atoms with Crippen LogP contribution in [0.1, 0.15) is 38.7 Å². The molecular weight excluding hydrogens is 440 g/mol. The molecule has 1 heterocycles. The van der Waals surface area contributed by atoms with E-state index >= 15 is 0 Å². The van der Waals surface area contributed by atoms with E-state index in [9.17, 15) is 21.9 Å². The fourth-order valence-corrected chi connectivity index (χ4v) is 6.21. The van der Waals surface area contributed by atoms with Crippen LogP contribution in [0.4, 0.5) is 0 Å². The lowest BCUT2D eigenvalue weighted by Gasteiger charge is -2.37. The van der Waals surface area contributed by atoms with E-state index in [1.165, 1.54) is 15.7 Å². The number of allylic oxidation sites excluding steroid dienone is 2. The number of nitrogens with zero attached hydrogens (tertiary/aromatic N) is 2. The van der Waals surface area contributed by atoms with Gasteiger partial charge in [0.1, 0.15) is 16.7 Å². The molecule has 0 aromatic heterocycles. The van der Waals surface area contributed by atoms with E-state index in [0.717, 1.165) is 36.7 Å². The van der Waals surface area contributed by atoms with Gasteiger partial charge in [-0.3, -0.25) is 0 Å². The summed E-state index contributed by atoms with van der Waals surface area (Å²) in [5, 5.41) is 9.69. The maximum absolute atomic E-state index is 13.5. The zero-order valence-corrected chi connectivity index (χ0v) is 20.1. The van der Waals surface area contributed by atoms with Crippen LogP contribution in [0.15, 0.2) is 29.2 Å². The number of sulfonamides is 2. The molecule has 10 heteroatoms. The molecule has 2 aliphatic rings. The van der Waals surface area contributed by atoms with Crippen LogP contribution in [0, 0.1) is 5.92 Å². The van der Waals surface area contributed by atoms with Gasteiger partial charge in [-0.25, -0.2) is 21.1 Å². The van der Waals surface area contributed by atoms with Crippen molar-refractivity contribution in [3.8, 4) is 5.75 Å². The zero-order chi connectivity index (χ0) is 23.0. The van der Waals surface area contributed by atoms with Gasteiger partial charge in [-0.15, -0.1) is 0 Å². The number of aliphatic hydroxyl groups excluding tert-OH is 1. The van der Waals surface area contributed by atoms with Gasteiger partial charge in [0.15, 0.2) is 0 Å². The minimum atomic E-state index is -3.91. The molecule has 1 aromatic rings. The van der Waals surface area contributed by atoms with Gasteiger partial charge in [-0.2, -0.15) is 4.31 Å². The highest BCUT2D eigenvalue weighted by atomic mass is 32.2. The molecule has 0 radical (unpaired) electrons. The lowest BCUT2D eigenvalue weighted by molar-refractivity contribution is 0.0905. The normalized spacial score (nSPS) is 25.3. The summed E-state index contributed by atoms with van der Waals surface area (Å²) in [7, 11) is -5.86. The topological polar surface area (TPSA) is 104 Å². The van der Waals surface area contributed by atoms with Crippen molar-refractivity contribution in [1.29, 1.82) is 0 Å². The second-order valence-corrected chi connectivity index (χ2v) is 12.5. The molecule has 0 unspecified atom stereocenters. The Morgan fingerprint density at radius 2 is 2.06 bits per heavy atom. The Morgan fingerprint density at radius 3 is 2.65 bits per heavy atom. The molecule has 0 fully saturated rings. The van der Waals surface area contributed by atoms with Gasteiger partial charge >= 0.3 is 0 Å². The summed E-state index contributed by atoms with van der Waals surface area (Å²) < 4.78 is 59.6. The number of hydrogen-bond acceptors (Lipinski definition) is 6. The molecule has 0 spiro atoms. The van der Waals surface area contributed by atoms with E-state index in [-0.39, 0.29) is 36.3 Å². The third-order valence-corrected chi connectivity index (χ3v) is 9.38. The highest BCUT2D eigenvalue weighted by Gasteiger charge is 2.38. The van der Waals surface area contributed by atoms with Crippen molar-refractivity contribution in [3.05, 3.63) is 29.8 Å². The number of benzene rings is 1. The molecule has 0 saturated heterocycles. The first-order chi connectivity index (χ1) is 14.4. The first-order valence-electron chi connectivity index (χ1n) is 10.5. The molecule has 0 amide bonds. The molecule has 174 valence electrons. The first-order valence-corrected chi connectivity index (χ1v) is 13.8. The van der Waals surface area contributed by atoms with Crippen LogP contribution < -0.4 is 4.74 Å². The van der Waals surface area contributed by atoms with Crippen molar-refractivity contribution in [2.45, 2.75) is 50.2 Å². The van der Waals surface area contributed by atoms with E-state index in [0.29, 0.717) is 0 Å². The quantitative estimate of drug-likeness (QED) is 0.678. The molecule has 8 nitrogen and oxygen atoms in total. The van der Waals surface area contributed by atoms with Crippen molar-refractivity contribution in [2.75, 3.05) is 33.0 Å². The maximum atomic E-state index is 13.5. The Bertz CT molecular complexity index is 1050. The summed E-state index contributed by atoms with van der Waals surface area (Å²) >= 11 is 0. The lowest BCUT2D eigenvalue weighted by atomic mass is 10.0. The molecule has 3 atom stereocenters. The highest BCUT2D eigenvalue weighted by molar-refractivity contribution is 7.89. The Kier molecular flexibility index (Phi) is 7.17. The lowest BCUT2D eigenvalue weighted by Crippen LogP contribution is -2.50. The molecule has 3 rings (SSSR count). The van der Waals surface area contributed by atoms with Crippen LogP contribution in [0.5, 0.6) is 5.75 Å². The molecular formula is C21H32N2O6S2. The summed E-state index contributed by atoms with van der Waals surface area (Å²) in [4.78, 5) is 0.0362. The third kappa shape index (κ3) is 5.14. The largest absolute Gasteiger partial charge is 0.487 e. The number of hydrogen-bond donors (Lipinski definition) is 1. The maximum Gasteiger partial charge on any atom is 0.247 e. The van der Waals surface area contributed by atoms with E-state index in [4.69, 9.17) is 4.74 Å². The Morgan fingerprint density at radius 1 is 1.35 bits per heavy atom. The van der Waals surface area contributed by atoms with Crippen molar-refractivity contribution >= 4 is 25.6 Å². The molecule has 1 N–H and O–H groups in total. The Balaban J connectivity index is 2.10. The Hall–Kier alpha value is -1.46. The first kappa shape index (κ1) is 24.2. The van der Waals surface area contributed by atoms with Crippen LogP contribution in [0.25, 0.3) is 5.57 Å². The second-order valence-electron chi connectivity index (χ2n) is 8.57. The van der Waals surface area contributed by atoms with Gasteiger partial charge in [0.25, 0.3) is 0 Å². The summed E-state index contributed by atoms with van der Waals surface area (Å²) in [6, 6.07) is 4.48. The van der Waals surface area contributed by atoms with Crippen LogP contribution in [0.3, 0.4) is 0 Å².